The second-order valence-corrected chi connectivity index (χ2v) is 6.25. The molecule has 25 heavy (non-hydrogen) atoms. The molecule has 0 unspecified atom stereocenters. The fourth-order valence-corrected chi connectivity index (χ4v) is 2.83. The van der Waals surface area contributed by atoms with E-state index in [0.717, 1.165) is 12.2 Å². The maximum atomic E-state index is 12.2. The van der Waals surface area contributed by atoms with Crippen molar-refractivity contribution in [2.45, 2.75) is 32.3 Å². The van der Waals surface area contributed by atoms with Gasteiger partial charge in [-0.1, -0.05) is 18.7 Å². The van der Waals surface area contributed by atoms with Gasteiger partial charge in [-0.3, -0.25) is 14.7 Å². The Hall–Kier alpha value is -2.35. The van der Waals surface area contributed by atoms with Crippen molar-refractivity contribution in [3.63, 3.8) is 0 Å². The van der Waals surface area contributed by atoms with Crippen molar-refractivity contribution in [2.75, 3.05) is 24.2 Å². The van der Waals surface area contributed by atoms with Gasteiger partial charge in [0, 0.05) is 30.8 Å². The van der Waals surface area contributed by atoms with Crippen LogP contribution in [0.5, 0.6) is 0 Å². The summed E-state index contributed by atoms with van der Waals surface area (Å²) in [5.74, 6) is 0.878. The third kappa shape index (κ3) is 5.32. The van der Waals surface area contributed by atoms with Gasteiger partial charge in [0.25, 0.3) is 5.91 Å². The second kappa shape index (κ2) is 9.22. The lowest BCUT2D eigenvalue weighted by Gasteiger charge is -2.18. The quantitative estimate of drug-likeness (QED) is 0.705. The molecule has 8 heteroatoms. The van der Waals surface area contributed by atoms with Gasteiger partial charge in [0.1, 0.15) is 5.82 Å². The first-order chi connectivity index (χ1) is 12.1. The molecule has 0 fully saturated rings. The summed E-state index contributed by atoms with van der Waals surface area (Å²) in [4.78, 5) is 30.3. The number of rotatable bonds is 8. The molecule has 7 nitrogen and oxygen atoms in total. The molecule has 0 radical (unpaired) electrons. The van der Waals surface area contributed by atoms with Gasteiger partial charge in [-0.15, -0.1) is 5.10 Å². The van der Waals surface area contributed by atoms with E-state index < -0.39 is 0 Å². The van der Waals surface area contributed by atoms with Crippen LogP contribution >= 0.6 is 11.8 Å². The number of anilines is 1. The highest BCUT2D eigenvalue weighted by atomic mass is 32.2. The molecule has 2 N–H and O–H groups in total. The number of hydrogen-bond acceptors (Lipinski definition) is 5. The van der Waals surface area contributed by atoms with Crippen LogP contribution in [0.1, 0.15) is 37.0 Å². The number of thioether (sulfide) groups is 1. The summed E-state index contributed by atoms with van der Waals surface area (Å²) >= 11 is 1.28. The molecule has 1 aromatic carbocycles. The minimum Gasteiger partial charge on any atom is -0.339 e. The molecule has 0 spiro atoms. The van der Waals surface area contributed by atoms with Crippen LogP contribution < -0.4 is 5.32 Å². The molecular weight excluding hydrogens is 338 g/mol. The summed E-state index contributed by atoms with van der Waals surface area (Å²) < 4.78 is 0. The third-order valence-corrected chi connectivity index (χ3v) is 4.49. The van der Waals surface area contributed by atoms with Crippen molar-refractivity contribution >= 4 is 29.3 Å². The molecule has 134 valence electrons. The van der Waals surface area contributed by atoms with E-state index >= 15 is 0 Å². The Bertz CT molecular complexity index is 710. The molecular formula is C17H23N5O2S. The lowest BCUT2D eigenvalue weighted by molar-refractivity contribution is -0.113. The number of amides is 2. The van der Waals surface area contributed by atoms with Gasteiger partial charge >= 0.3 is 0 Å². The Morgan fingerprint density at radius 2 is 1.84 bits per heavy atom. The SMILES string of the molecule is CCc1nc(SCC(=O)Nc2ccc(C(=O)N(CC)CC)cc2)n[nH]1. The first-order valence-corrected chi connectivity index (χ1v) is 9.29. The summed E-state index contributed by atoms with van der Waals surface area (Å²) in [6.07, 6.45) is 0.776. The van der Waals surface area contributed by atoms with E-state index in [1.54, 1.807) is 29.2 Å². The lowest BCUT2D eigenvalue weighted by Crippen LogP contribution is -2.30. The van der Waals surface area contributed by atoms with Gasteiger partial charge in [0.2, 0.25) is 11.1 Å². The molecule has 0 aliphatic carbocycles. The van der Waals surface area contributed by atoms with Crippen molar-refractivity contribution in [2.24, 2.45) is 0 Å². The van der Waals surface area contributed by atoms with Crippen LogP contribution in [0.4, 0.5) is 5.69 Å². The van der Waals surface area contributed by atoms with Crippen LogP contribution in [-0.4, -0.2) is 50.7 Å². The fourth-order valence-electron chi connectivity index (χ4n) is 2.22. The van der Waals surface area contributed by atoms with Crippen molar-refractivity contribution < 1.29 is 9.59 Å². The number of benzene rings is 1. The van der Waals surface area contributed by atoms with E-state index in [-0.39, 0.29) is 17.6 Å². The van der Waals surface area contributed by atoms with Gasteiger partial charge in [-0.25, -0.2) is 4.98 Å². The number of aromatic nitrogens is 3. The van der Waals surface area contributed by atoms with Crippen molar-refractivity contribution in [3.8, 4) is 0 Å². The lowest BCUT2D eigenvalue weighted by atomic mass is 10.2. The van der Waals surface area contributed by atoms with E-state index in [2.05, 4.69) is 20.5 Å². The van der Waals surface area contributed by atoms with Gasteiger partial charge in [-0.2, -0.15) is 0 Å². The molecule has 1 heterocycles. The Labute approximate surface area is 151 Å². The predicted octanol–water partition coefficient (Wildman–Crippen LogP) is 2.58. The summed E-state index contributed by atoms with van der Waals surface area (Å²) in [6, 6.07) is 6.93. The van der Waals surface area contributed by atoms with E-state index in [0.29, 0.717) is 29.5 Å². The first-order valence-electron chi connectivity index (χ1n) is 8.30. The highest BCUT2D eigenvalue weighted by Crippen LogP contribution is 2.15. The van der Waals surface area contributed by atoms with Crippen LogP contribution in [0.25, 0.3) is 0 Å². The number of nitrogens with zero attached hydrogens (tertiary/aromatic N) is 3. The molecule has 0 aliphatic rings. The summed E-state index contributed by atoms with van der Waals surface area (Å²) in [5.41, 5.74) is 1.27. The van der Waals surface area contributed by atoms with E-state index in [9.17, 15) is 9.59 Å². The van der Waals surface area contributed by atoms with Crippen LogP contribution in [0.2, 0.25) is 0 Å². The van der Waals surface area contributed by atoms with Gasteiger partial charge in [0.15, 0.2) is 0 Å². The monoisotopic (exact) mass is 361 g/mol. The number of carbonyl (C=O) groups excluding carboxylic acids is 2. The molecule has 0 aliphatic heterocycles. The predicted molar refractivity (Wildman–Crippen MR) is 98.8 cm³/mol. The number of H-pyrrole nitrogens is 1. The molecule has 2 amide bonds. The van der Waals surface area contributed by atoms with Crippen LogP contribution in [-0.2, 0) is 11.2 Å². The molecule has 0 bridgehead atoms. The number of aromatic amines is 1. The average molecular weight is 361 g/mol. The van der Waals surface area contributed by atoms with Gasteiger partial charge < -0.3 is 10.2 Å². The minimum atomic E-state index is -0.143. The highest BCUT2D eigenvalue weighted by Gasteiger charge is 2.12. The zero-order valence-electron chi connectivity index (χ0n) is 14.7. The summed E-state index contributed by atoms with van der Waals surface area (Å²) in [7, 11) is 0. The zero-order valence-corrected chi connectivity index (χ0v) is 15.5. The first kappa shape index (κ1) is 19.0. The van der Waals surface area contributed by atoms with Crippen molar-refractivity contribution in [1.82, 2.24) is 20.1 Å². The second-order valence-electron chi connectivity index (χ2n) is 5.31. The maximum absolute atomic E-state index is 12.2. The third-order valence-electron chi connectivity index (χ3n) is 3.64. The number of nitrogens with one attached hydrogen (secondary N) is 2. The van der Waals surface area contributed by atoms with E-state index in [4.69, 9.17) is 0 Å². The van der Waals surface area contributed by atoms with Gasteiger partial charge in [0.05, 0.1) is 5.75 Å². The van der Waals surface area contributed by atoms with Crippen molar-refractivity contribution in [3.05, 3.63) is 35.7 Å². The standard InChI is InChI=1S/C17H23N5O2S/c1-4-14-19-17(21-20-14)25-11-15(23)18-13-9-7-12(8-10-13)16(24)22(5-2)6-3/h7-10H,4-6,11H2,1-3H3,(H,18,23)(H,19,20,21). The highest BCUT2D eigenvalue weighted by molar-refractivity contribution is 7.99. The Balaban J connectivity index is 1.87. The maximum Gasteiger partial charge on any atom is 0.253 e. The fraction of sp³-hybridized carbons (Fsp3) is 0.412. The summed E-state index contributed by atoms with van der Waals surface area (Å²) in [6.45, 7) is 7.23. The number of hydrogen-bond donors (Lipinski definition) is 2. The molecule has 0 atom stereocenters. The average Bonchev–Trinajstić information content (AvgIpc) is 3.10. The number of carbonyl (C=O) groups is 2. The Morgan fingerprint density at radius 1 is 1.16 bits per heavy atom. The molecule has 2 rings (SSSR count). The largest absolute Gasteiger partial charge is 0.339 e. The van der Waals surface area contributed by atoms with E-state index in [1.165, 1.54) is 11.8 Å². The minimum absolute atomic E-state index is 0.00485. The molecule has 0 saturated heterocycles. The normalized spacial score (nSPS) is 10.5. The molecule has 2 aromatic rings. The Morgan fingerprint density at radius 3 is 2.40 bits per heavy atom. The molecule has 1 aromatic heterocycles. The van der Waals surface area contributed by atoms with Crippen LogP contribution in [0.15, 0.2) is 29.4 Å². The number of aryl methyl sites for hydroxylation is 1. The van der Waals surface area contributed by atoms with E-state index in [1.807, 2.05) is 20.8 Å². The Kier molecular flexibility index (Phi) is 7.00. The topological polar surface area (TPSA) is 91.0 Å². The van der Waals surface area contributed by atoms with Crippen molar-refractivity contribution in [1.29, 1.82) is 0 Å². The van der Waals surface area contributed by atoms with Crippen LogP contribution in [0, 0.1) is 0 Å². The summed E-state index contributed by atoms with van der Waals surface area (Å²) in [5, 5.41) is 10.2. The zero-order chi connectivity index (χ0) is 18.2. The smallest absolute Gasteiger partial charge is 0.253 e. The van der Waals surface area contributed by atoms with Gasteiger partial charge in [-0.05, 0) is 38.1 Å². The molecule has 0 saturated carbocycles. The van der Waals surface area contributed by atoms with Crippen LogP contribution in [0.3, 0.4) is 0 Å².